The molecule has 2 aliphatic rings. The highest BCUT2D eigenvalue weighted by atomic mass is 16.6. The number of nitro groups is 1. The van der Waals surface area contributed by atoms with E-state index >= 15 is 0 Å². The maximum absolute atomic E-state index is 13.1. The highest BCUT2D eigenvalue weighted by Crippen LogP contribution is 2.34. The van der Waals surface area contributed by atoms with Crippen molar-refractivity contribution >= 4 is 28.9 Å². The van der Waals surface area contributed by atoms with E-state index in [4.69, 9.17) is 4.74 Å². The first-order valence-electron chi connectivity index (χ1n) is 12.5. The van der Waals surface area contributed by atoms with Gasteiger partial charge in [-0.25, -0.2) is 0 Å². The molecule has 0 spiro atoms. The molecular weight excluding hydrogens is 486 g/mol. The van der Waals surface area contributed by atoms with Gasteiger partial charge in [-0.2, -0.15) is 0 Å². The second-order valence-electron chi connectivity index (χ2n) is 9.26. The number of piperazine rings is 1. The van der Waals surface area contributed by atoms with Gasteiger partial charge in [0.15, 0.2) is 0 Å². The van der Waals surface area contributed by atoms with E-state index in [0.29, 0.717) is 50.5 Å². The Bertz CT molecular complexity index is 1320. The fourth-order valence-electron chi connectivity index (χ4n) is 4.95. The van der Waals surface area contributed by atoms with Gasteiger partial charge in [0.1, 0.15) is 6.17 Å². The van der Waals surface area contributed by atoms with Crippen LogP contribution in [-0.4, -0.2) is 73.0 Å². The number of nitro benzene ring substituents is 1. The summed E-state index contributed by atoms with van der Waals surface area (Å²) in [7, 11) is 1.61. The molecule has 0 aromatic heterocycles. The maximum Gasteiger partial charge on any atom is 0.269 e. The van der Waals surface area contributed by atoms with Crippen LogP contribution in [-0.2, 0) is 4.74 Å². The Hall–Kier alpha value is -4.44. The maximum atomic E-state index is 13.1. The highest BCUT2D eigenvalue weighted by Gasteiger charge is 2.36. The third-order valence-electron chi connectivity index (χ3n) is 7.02. The van der Waals surface area contributed by atoms with Crippen LogP contribution in [0.1, 0.15) is 32.4 Å². The van der Waals surface area contributed by atoms with E-state index < -0.39 is 4.92 Å². The Labute approximate surface area is 220 Å². The lowest BCUT2D eigenvalue weighted by Crippen LogP contribution is -2.48. The van der Waals surface area contributed by atoms with Crippen molar-refractivity contribution in [1.29, 1.82) is 0 Å². The van der Waals surface area contributed by atoms with Crippen molar-refractivity contribution in [1.82, 2.24) is 9.80 Å². The quantitative estimate of drug-likeness (QED) is 0.359. The van der Waals surface area contributed by atoms with Gasteiger partial charge in [-0.05, 0) is 42.5 Å². The number of hydrogen-bond donors (Lipinski definition) is 1. The minimum Gasteiger partial charge on any atom is -0.383 e. The van der Waals surface area contributed by atoms with Gasteiger partial charge in [0.05, 0.1) is 11.5 Å². The first kappa shape index (κ1) is 25.2. The average molecular weight is 516 g/mol. The Balaban J connectivity index is 1.21. The largest absolute Gasteiger partial charge is 0.383 e. The summed E-state index contributed by atoms with van der Waals surface area (Å²) in [6.07, 6.45) is -0.317. The molecule has 0 radical (unpaired) electrons. The SMILES string of the molecule is COCCN1C(=O)c2ccccc2[C@H]1Nc1ccc(C(=O)N2CCN(c3ccc([N+](=O)[O-])cc3)CC2)cc1. The van der Waals surface area contributed by atoms with Crippen LogP contribution in [0.4, 0.5) is 17.1 Å². The van der Waals surface area contributed by atoms with Crippen LogP contribution in [0.2, 0.25) is 0 Å². The van der Waals surface area contributed by atoms with Crippen LogP contribution in [0.25, 0.3) is 0 Å². The molecule has 0 unspecified atom stereocenters. The number of fused-ring (bicyclic) bond motifs is 1. The molecule has 2 amide bonds. The number of nitrogens with zero attached hydrogens (tertiary/aromatic N) is 4. The summed E-state index contributed by atoms with van der Waals surface area (Å²) in [5.41, 5.74) is 3.97. The average Bonchev–Trinajstić information content (AvgIpc) is 3.22. The molecule has 1 N–H and O–H groups in total. The molecule has 0 saturated carbocycles. The number of anilines is 2. The number of amides is 2. The fraction of sp³-hybridized carbons (Fsp3) is 0.286. The van der Waals surface area contributed by atoms with Gasteiger partial charge in [-0.15, -0.1) is 0 Å². The predicted octanol–water partition coefficient (Wildman–Crippen LogP) is 3.77. The number of hydrogen-bond acceptors (Lipinski definition) is 7. The third-order valence-corrected chi connectivity index (χ3v) is 7.02. The van der Waals surface area contributed by atoms with E-state index in [1.54, 1.807) is 36.3 Å². The number of ether oxygens (including phenoxy) is 1. The van der Waals surface area contributed by atoms with Gasteiger partial charge in [0.2, 0.25) is 0 Å². The zero-order chi connectivity index (χ0) is 26.6. The van der Waals surface area contributed by atoms with Crippen molar-refractivity contribution in [2.75, 3.05) is 56.7 Å². The fourth-order valence-corrected chi connectivity index (χ4v) is 4.95. The van der Waals surface area contributed by atoms with Gasteiger partial charge in [-0.1, -0.05) is 18.2 Å². The summed E-state index contributed by atoms with van der Waals surface area (Å²) in [6.45, 7) is 3.31. The number of non-ortho nitro benzene ring substituents is 1. The molecule has 0 aliphatic carbocycles. The monoisotopic (exact) mass is 515 g/mol. The van der Waals surface area contributed by atoms with E-state index in [1.165, 1.54) is 12.1 Å². The van der Waals surface area contributed by atoms with E-state index in [0.717, 1.165) is 16.9 Å². The van der Waals surface area contributed by atoms with Crippen LogP contribution in [0.5, 0.6) is 0 Å². The standard InChI is InChI=1S/C28H29N5O5/c1-38-19-18-32-26(24-4-2-3-5-25(24)28(32)35)29-21-8-6-20(7-9-21)27(34)31-16-14-30(15-17-31)22-10-12-23(13-11-22)33(36)37/h2-13,26,29H,14-19H2,1H3/t26-/m0/s1. The third kappa shape index (κ3) is 5.03. The summed E-state index contributed by atoms with van der Waals surface area (Å²) in [4.78, 5) is 42.2. The summed E-state index contributed by atoms with van der Waals surface area (Å²) in [6, 6.07) is 21.4. The molecule has 1 atom stereocenters. The van der Waals surface area contributed by atoms with E-state index in [2.05, 4.69) is 10.2 Å². The lowest BCUT2D eigenvalue weighted by Gasteiger charge is -2.36. The van der Waals surface area contributed by atoms with Gasteiger partial charge in [-0.3, -0.25) is 19.7 Å². The molecule has 5 rings (SSSR count). The van der Waals surface area contributed by atoms with Crippen LogP contribution in [0, 0.1) is 10.1 Å². The molecule has 3 aromatic carbocycles. The minimum atomic E-state index is -0.412. The lowest BCUT2D eigenvalue weighted by molar-refractivity contribution is -0.384. The molecule has 1 saturated heterocycles. The Morgan fingerprint density at radius 2 is 1.68 bits per heavy atom. The molecule has 2 aliphatic heterocycles. The van der Waals surface area contributed by atoms with Gasteiger partial charge >= 0.3 is 0 Å². The van der Waals surface area contributed by atoms with Crippen LogP contribution in [0.3, 0.4) is 0 Å². The van der Waals surface area contributed by atoms with Crippen molar-refractivity contribution in [2.45, 2.75) is 6.17 Å². The Morgan fingerprint density at radius 3 is 2.34 bits per heavy atom. The smallest absolute Gasteiger partial charge is 0.269 e. The first-order chi connectivity index (χ1) is 18.5. The van der Waals surface area contributed by atoms with Crippen molar-refractivity contribution in [3.05, 3.63) is 99.6 Å². The molecule has 38 heavy (non-hydrogen) atoms. The number of methoxy groups -OCH3 is 1. The van der Waals surface area contributed by atoms with E-state index in [-0.39, 0.29) is 23.7 Å². The van der Waals surface area contributed by atoms with Crippen molar-refractivity contribution in [3.63, 3.8) is 0 Å². The molecule has 3 aromatic rings. The van der Waals surface area contributed by atoms with E-state index in [9.17, 15) is 19.7 Å². The van der Waals surface area contributed by atoms with Crippen molar-refractivity contribution < 1.29 is 19.2 Å². The van der Waals surface area contributed by atoms with Crippen LogP contribution >= 0.6 is 0 Å². The first-order valence-corrected chi connectivity index (χ1v) is 12.5. The van der Waals surface area contributed by atoms with Crippen molar-refractivity contribution in [2.24, 2.45) is 0 Å². The van der Waals surface area contributed by atoms with E-state index in [1.807, 2.05) is 41.3 Å². The van der Waals surface area contributed by atoms with Gasteiger partial charge in [0, 0.05) is 80.0 Å². The second kappa shape index (κ2) is 10.9. The van der Waals surface area contributed by atoms with Gasteiger partial charge in [0.25, 0.3) is 17.5 Å². The van der Waals surface area contributed by atoms with Crippen LogP contribution in [0.15, 0.2) is 72.8 Å². The van der Waals surface area contributed by atoms with Crippen LogP contribution < -0.4 is 10.2 Å². The van der Waals surface area contributed by atoms with Crippen molar-refractivity contribution in [3.8, 4) is 0 Å². The molecule has 10 heteroatoms. The molecule has 10 nitrogen and oxygen atoms in total. The normalized spacial score (nSPS) is 16.9. The summed E-state index contributed by atoms with van der Waals surface area (Å²) >= 11 is 0. The summed E-state index contributed by atoms with van der Waals surface area (Å²) in [5, 5.41) is 14.3. The molecule has 1 fully saturated rings. The number of benzene rings is 3. The Kier molecular flexibility index (Phi) is 7.23. The zero-order valence-electron chi connectivity index (χ0n) is 21.1. The number of carbonyl (C=O) groups is 2. The molecule has 196 valence electrons. The number of nitrogens with one attached hydrogen (secondary N) is 1. The number of rotatable bonds is 8. The topological polar surface area (TPSA) is 108 Å². The molecule has 2 heterocycles. The number of carbonyl (C=O) groups excluding carboxylic acids is 2. The predicted molar refractivity (Wildman–Crippen MR) is 143 cm³/mol. The van der Waals surface area contributed by atoms with Gasteiger partial charge < -0.3 is 24.8 Å². The summed E-state index contributed by atoms with van der Waals surface area (Å²) < 4.78 is 5.20. The minimum absolute atomic E-state index is 0.0326. The second-order valence-corrected chi connectivity index (χ2v) is 9.26. The Morgan fingerprint density at radius 1 is 1.00 bits per heavy atom. The zero-order valence-corrected chi connectivity index (χ0v) is 21.1. The highest BCUT2D eigenvalue weighted by molar-refractivity contribution is 5.99. The molecule has 0 bridgehead atoms. The summed E-state index contributed by atoms with van der Waals surface area (Å²) in [5.74, 6) is -0.0715. The lowest BCUT2D eigenvalue weighted by atomic mass is 10.1. The molecular formula is C28H29N5O5.